The Morgan fingerprint density at radius 1 is 1.06 bits per heavy atom. The molecule has 0 aliphatic carbocycles. The molecule has 0 N–H and O–H groups in total. The van der Waals surface area contributed by atoms with Crippen LogP contribution in [0.3, 0.4) is 0 Å². The number of para-hydroxylation sites is 1. The molecule has 2 rings (SSSR count). The summed E-state index contributed by atoms with van der Waals surface area (Å²) in [5.74, 6) is 0.494. The van der Waals surface area contributed by atoms with Crippen molar-refractivity contribution >= 4 is 0 Å². The summed E-state index contributed by atoms with van der Waals surface area (Å²) in [4.78, 5) is 10.9. The fourth-order valence-electron chi connectivity index (χ4n) is 1.80. The summed E-state index contributed by atoms with van der Waals surface area (Å²) >= 11 is 0. The average Bonchev–Trinajstić information content (AvgIpc) is 2.40. The number of nitrogens with zero attached hydrogens (tertiary/aromatic N) is 1. The third kappa shape index (κ3) is 2.32. The second kappa shape index (κ2) is 5.31. The molecule has 0 saturated heterocycles. The smallest absolute Gasteiger partial charge is 0.352 e. The number of methoxy groups -OCH3 is 1. The minimum Gasteiger partial charge on any atom is -0.496 e. The van der Waals surface area contributed by atoms with E-state index in [4.69, 9.17) is 4.74 Å². The highest BCUT2D eigenvalue weighted by Gasteiger charge is 2.31. The van der Waals surface area contributed by atoms with Crippen LogP contribution in [0.15, 0.2) is 54.6 Å². The van der Waals surface area contributed by atoms with Gasteiger partial charge in [-0.05, 0) is 12.1 Å². The van der Waals surface area contributed by atoms with Crippen molar-refractivity contribution in [3.63, 3.8) is 0 Å². The van der Waals surface area contributed by atoms with Gasteiger partial charge in [0, 0.05) is 10.5 Å². The first-order valence-corrected chi connectivity index (χ1v) is 5.44. The van der Waals surface area contributed by atoms with E-state index in [1.165, 1.54) is 7.11 Å². The minimum absolute atomic E-state index is 0.0491. The van der Waals surface area contributed by atoms with E-state index in [0.717, 1.165) is 0 Å². The molecule has 2 aromatic carbocycles. The Labute approximate surface area is 105 Å². The van der Waals surface area contributed by atoms with Gasteiger partial charge in [-0.1, -0.05) is 42.5 Å². The largest absolute Gasteiger partial charge is 0.496 e. The Kier molecular flexibility index (Phi) is 3.57. The fraction of sp³-hybridized carbons (Fsp3) is 0.0714. The number of benzene rings is 2. The maximum atomic E-state index is 11.3. The summed E-state index contributed by atoms with van der Waals surface area (Å²) in [7, 11) is 1.50. The number of hydrogen-bond donors (Lipinski definition) is 0. The van der Waals surface area contributed by atoms with E-state index in [-0.39, 0.29) is 11.0 Å². The van der Waals surface area contributed by atoms with Gasteiger partial charge in [0.1, 0.15) is 5.75 Å². The van der Waals surface area contributed by atoms with E-state index in [2.05, 4.69) is 0 Å². The van der Waals surface area contributed by atoms with Gasteiger partial charge in [-0.15, -0.1) is 0 Å². The van der Waals surface area contributed by atoms with Gasteiger partial charge >= 0.3 is 6.04 Å². The standard InChI is InChI=1S/C14H12NO3/c1-18-13-10-6-5-9-12(13)14(15(16)17)11-7-3-2-4-8-11/h2-10H,1H3. The first kappa shape index (κ1) is 12.1. The zero-order valence-electron chi connectivity index (χ0n) is 9.87. The Morgan fingerprint density at radius 2 is 1.67 bits per heavy atom. The van der Waals surface area contributed by atoms with Crippen molar-refractivity contribution in [3.8, 4) is 5.75 Å². The molecule has 0 heterocycles. The summed E-state index contributed by atoms with van der Waals surface area (Å²) in [6.07, 6.45) is 0. The van der Waals surface area contributed by atoms with E-state index in [0.29, 0.717) is 16.9 Å². The van der Waals surface area contributed by atoms with Gasteiger partial charge in [0.05, 0.1) is 12.7 Å². The lowest BCUT2D eigenvalue weighted by molar-refractivity contribution is -0.451. The van der Waals surface area contributed by atoms with Crippen molar-refractivity contribution < 1.29 is 9.66 Å². The molecule has 0 bridgehead atoms. The van der Waals surface area contributed by atoms with Crippen LogP contribution in [0.1, 0.15) is 11.1 Å². The van der Waals surface area contributed by atoms with Gasteiger partial charge in [-0.25, -0.2) is 0 Å². The van der Waals surface area contributed by atoms with E-state index in [1.54, 1.807) is 48.5 Å². The van der Waals surface area contributed by atoms with Gasteiger partial charge in [0.15, 0.2) is 0 Å². The Hall–Kier alpha value is -2.36. The number of ether oxygens (including phenoxy) is 1. The summed E-state index contributed by atoms with van der Waals surface area (Å²) in [6.45, 7) is 0. The summed E-state index contributed by atoms with van der Waals surface area (Å²) in [6, 6.07) is 15.8. The van der Waals surface area contributed by atoms with Crippen molar-refractivity contribution in [2.75, 3.05) is 7.11 Å². The molecule has 2 aromatic rings. The first-order chi connectivity index (χ1) is 8.74. The summed E-state index contributed by atoms with van der Waals surface area (Å²) in [5, 5.41) is 11.3. The monoisotopic (exact) mass is 242 g/mol. The molecule has 1 radical (unpaired) electrons. The lowest BCUT2D eigenvalue weighted by Crippen LogP contribution is -2.14. The third-order valence-electron chi connectivity index (χ3n) is 2.59. The van der Waals surface area contributed by atoms with Crippen LogP contribution in [-0.4, -0.2) is 12.0 Å². The third-order valence-corrected chi connectivity index (χ3v) is 2.59. The minimum atomic E-state index is -0.382. The molecule has 18 heavy (non-hydrogen) atoms. The fourth-order valence-corrected chi connectivity index (χ4v) is 1.80. The molecular weight excluding hydrogens is 230 g/mol. The van der Waals surface area contributed by atoms with Crippen molar-refractivity contribution in [3.05, 3.63) is 81.9 Å². The summed E-state index contributed by atoms with van der Waals surface area (Å²) in [5.41, 5.74) is 1.04. The van der Waals surface area contributed by atoms with Gasteiger partial charge in [-0.2, -0.15) is 0 Å². The van der Waals surface area contributed by atoms with Crippen LogP contribution < -0.4 is 4.74 Å². The highest BCUT2D eigenvalue weighted by molar-refractivity contribution is 5.49. The molecule has 0 aliphatic rings. The highest BCUT2D eigenvalue weighted by atomic mass is 16.6. The molecule has 4 heteroatoms. The second-order valence-corrected chi connectivity index (χ2v) is 3.67. The van der Waals surface area contributed by atoms with Crippen LogP contribution in [-0.2, 0) is 0 Å². The van der Waals surface area contributed by atoms with Gasteiger partial charge < -0.3 is 4.74 Å². The molecule has 91 valence electrons. The number of rotatable bonds is 4. The molecule has 0 aromatic heterocycles. The molecule has 0 amide bonds. The quantitative estimate of drug-likeness (QED) is 0.612. The van der Waals surface area contributed by atoms with Crippen LogP contribution in [0.5, 0.6) is 5.75 Å². The van der Waals surface area contributed by atoms with E-state index in [9.17, 15) is 10.1 Å². The maximum absolute atomic E-state index is 11.3. The topological polar surface area (TPSA) is 52.4 Å². The number of hydrogen-bond acceptors (Lipinski definition) is 3. The summed E-state index contributed by atoms with van der Waals surface area (Å²) < 4.78 is 5.17. The average molecular weight is 242 g/mol. The SMILES string of the molecule is COc1ccccc1[C](c1ccccc1)[N+](=O)[O-]. The Balaban J connectivity index is 2.52. The molecule has 4 nitrogen and oxygen atoms in total. The molecule has 0 spiro atoms. The first-order valence-electron chi connectivity index (χ1n) is 5.44. The molecule has 0 fully saturated rings. The molecule has 0 aliphatic heterocycles. The Morgan fingerprint density at radius 3 is 2.28 bits per heavy atom. The van der Waals surface area contributed by atoms with E-state index < -0.39 is 0 Å². The van der Waals surface area contributed by atoms with Crippen LogP contribution in [0, 0.1) is 16.2 Å². The van der Waals surface area contributed by atoms with Gasteiger partial charge in [0.2, 0.25) is 0 Å². The van der Waals surface area contributed by atoms with Gasteiger partial charge in [0.25, 0.3) is 0 Å². The van der Waals surface area contributed by atoms with Crippen LogP contribution in [0.25, 0.3) is 0 Å². The molecule has 0 unspecified atom stereocenters. The highest BCUT2D eigenvalue weighted by Crippen LogP contribution is 2.31. The zero-order valence-corrected chi connectivity index (χ0v) is 9.87. The van der Waals surface area contributed by atoms with Gasteiger partial charge in [-0.3, -0.25) is 10.1 Å². The lowest BCUT2D eigenvalue weighted by atomic mass is 9.98. The lowest BCUT2D eigenvalue weighted by Gasteiger charge is -2.11. The zero-order chi connectivity index (χ0) is 13.0. The number of nitro groups is 1. The van der Waals surface area contributed by atoms with Crippen molar-refractivity contribution in [2.24, 2.45) is 0 Å². The Bertz CT molecular complexity index is 540. The van der Waals surface area contributed by atoms with Crippen LogP contribution in [0.2, 0.25) is 0 Å². The van der Waals surface area contributed by atoms with Crippen molar-refractivity contribution in [2.45, 2.75) is 0 Å². The van der Waals surface area contributed by atoms with Crippen molar-refractivity contribution in [1.82, 2.24) is 0 Å². The second-order valence-electron chi connectivity index (χ2n) is 3.67. The predicted octanol–water partition coefficient (Wildman–Crippen LogP) is 2.90. The molecule has 0 atom stereocenters. The van der Waals surface area contributed by atoms with Crippen molar-refractivity contribution in [1.29, 1.82) is 0 Å². The maximum Gasteiger partial charge on any atom is 0.352 e. The predicted molar refractivity (Wildman–Crippen MR) is 67.9 cm³/mol. The molecular formula is C14H12NO3. The van der Waals surface area contributed by atoms with E-state index in [1.807, 2.05) is 6.07 Å². The van der Waals surface area contributed by atoms with E-state index >= 15 is 0 Å². The van der Waals surface area contributed by atoms with Crippen LogP contribution >= 0.6 is 0 Å². The normalized spacial score (nSPS) is 10.3. The molecule has 0 saturated carbocycles. The van der Waals surface area contributed by atoms with Crippen LogP contribution in [0.4, 0.5) is 0 Å².